The van der Waals surface area contributed by atoms with E-state index in [0.717, 1.165) is 4.90 Å². The second-order valence-electron chi connectivity index (χ2n) is 4.87. The van der Waals surface area contributed by atoms with Crippen LogP contribution in [-0.4, -0.2) is 52.4 Å². The molecule has 2 unspecified atom stereocenters. The summed E-state index contributed by atoms with van der Waals surface area (Å²) in [6, 6.07) is -2.60. The third kappa shape index (κ3) is 3.46. The molecular weight excluding hydrogens is 266 g/mol. The van der Waals surface area contributed by atoms with Crippen LogP contribution in [0.25, 0.3) is 0 Å². The van der Waals surface area contributed by atoms with Gasteiger partial charge in [-0.3, -0.25) is 14.9 Å². The molecule has 3 N–H and O–H groups in total. The van der Waals surface area contributed by atoms with E-state index in [1.807, 2.05) is 6.92 Å². The molecule has 8 heteroatoms. The van der Waals surface area contributed by atoms with Crippen LogP contribution in [0.3, 0.4) is 0 Å². The summed E-state index contributed by atoms with van der Waals surface area (Å²) >= 11 is 0. The van der Waals surface area contributed by atoms with Crippen molar-refractivity contribution in [3.05, 3.63) is 0 Å². The molecule has 0 aromatic rings. The zero-order valence-electron chi connectivity index (χ0n) is 11.7. The highest BCUT2D eigenvalue weighted by atomic mass is 16.4. The zero-order chi connectivity index (χ0) is 15.4. The summed E-state index contributed by atoms with van der Waals surface area (Å²) in [6.45, 7) is 4.72. The molecule has 1 heterocycles. The Bertz CT molecular complexity index is 437. The second-order valence-corrected chi connectivity index (χ2v) is 4.87. The highest BCUT2D eigenvalue weighted by Gasteiger charge is 2.36. The van der Waals surface area contributed by atoms with Crippen molar-refractivity contribution in [1.29, 1.82) is 0 Å². The van der Waals surface area contributed by atoms with Crippen molar-refractivity contribution >= 4 is 23.8 Å². The van der Waals surface area contributed by atoms with Gasteiger partial charge in [0.05, 0.1) is 0 Å². The van der Waals surface area contributed by atoms with Gasteiger partial charge in [-0.25, -0.2) is 9.59 Å². The molecule has 8 nitrogen and oxygen atoms in total. The van der Waals surface area contributed by atoms with E-state index < -0.39 is 35.9 Å². The fourth-order valence-corrected chi connectivity index (χ4v) is 1.86. The lowest BCUT2D eigenvalue weighted by molar-refractivity contribution is -0.140. The van der Waals surface area contributed by atoms with Crippen molar-refractivity contribution in [2.24, 2.45) is 5.92 Å². The lowest BCUT2D eigenvalue weighted by atomic mass is 9.99. The summed E-state index contributed by atoms with van der Waals surface area (Å²) in [4.78, 5) is 47.0. The number of carbonyl (C=O) groups excluding carboxylic acids is 3. The number of amides is 4. The quantitative estimate of drug-likeness (QED) is 0.605. The molecule has 0 aromatic heterocycles. The number of rotatable bonds is 4. The third-order valence-corrected chi connectivity index (χ3v) is 3.44. The topological polar surface area (TPSA) is 116 Å². The molecule has 0 radical (unpaired) electrons. The largest absolute Gasteiger partial charge is 0.480 e. The third-order valence-electron chi connectivity index (χ3n) is 3.44. The van der Waals surface area contributed by atoms with Gasteiger partial charge in [-0.2, -0.15) is 0 Å². The van der Waals surface area contributed by atoms with Crippen LogP contribution in [0.4, 0.5) is 4.79 Å². The molecule has 4 amide bonds. The number of piperazine rings is 1. The maximum absolute atomic E-state index is 12.1. The fourth-order valence-electron chi connectivity index (χ4n) is 1.86. The van der Waals surface area contributed by atoms with Gasteiger partial charge in [-0.15, -0.1) is 0 Å². The predicted molar refractivity (Wildman–Crippen MR) is 68.7 cm³/mol. The van der Waals surface area contributed by atoms with Crippen molar-refractivity contribution in [3.63, 3.8) is 0 Å². The lowest BCUT2D eigenvalue weighted by Gasteiger charge is -2.33. The zero-order valence-corrected chi connectivity index (χ0v) is 11.7. The van der Waals surface area contributed by atoms with Gasteiger partial charge in [-0.05, 0) is 12.8 Å². The normalized spacial score (nSPS) is 21.9. The molecule has 20 heavy (non-hydrogen) atoms. The predicted octanol–water partition coefficient (Wildman–Crippen LogP) is -0.458. The first-order chi connectivity index (χ1) is 9.27. The molecular formula is C12H19N3O5. The van der Waals surface area contributed by atoms with Crippen molar-refractivity contribution in [1.82, 2.24) is 15.5 Å². The second kappa shape index (κ2) is 6.36. The van der Waals surface area contributed by atoms with Crippen LogP contribution in [0.15, 0.2) is 0 Å². The van der Waals surface area contributed by atoms with E-state index in [4.69, 9.17) is 5.11 Å². The maximum atomic E-state index is 12.1. The van der Waals surface area contributed by atoms with Crippen molar-refractivity contribution in [2.75, 3.05) is 6.54 Å². The Kier molecular flexibility index (Phi) is 5.06. The van der Waals surface area contributed by atoms with Gasteiger partial charge in [0.25, 0.3) is 0 Å². The van der Waals surface area contributed by atoms with Crippen LogP contribution >= 0.6 is 0 Å². The number of hydrogen-bond donors (Lipinski definition) is 3. The first-order valence-corrected chi connectivity index (χ1v) is 6.41. The van der Waals surface area contributed by atoms with Crippen molar-refractivity contribution in [3.8, 4) is 0 Å². The Hall–Kier alpha value is -2.12. The van der Waals surface area contributed by atoms with Crippen LogP contribution in [-0.2, 0) is 14.4 Å². The lowest BCUT2D eigenvalue weighted by Crippen LogP contribution is -2.62. The highest BCUT2D eigenvalue weighted by molar-refractivity contribution is 6.04. The van der Waals surface area contributed by atoms with Gasteiger partial charge in [-0.1, -0.05) is 20.3 Å². The maximum Gasteiger partial charge on any atom is 0.326 e. The van der Waals surface area contributed by atoms with Crippen molar-refractivity contribution < 1.29 is 24.3 Å². The molecule has 1 rings (SSSR count). The van der Waals surface area contributed by atoms with E-state index in [1.54, 1.807) is 6.92 Å². The van der Waals surface area contributed by atoms with E-state index in [0.29, 0.717) is 6.42 Å². The van der Waals surface area contributed by atoms with E-state index in [9.17, 15) is 19.2 Å². The first kappa shape index (κ1) is 15.9. The minimum atomic E-state index is -1.15. The Morgan fingerprint density at radius 1 is 1.50 bits per heavy atom. The number of carboxylic acids is 1. The van der Waals surface area contributed by atoms with Gasteiger partial charge in [0.1, 0.15) is 18.6 Å². The molecule has 1 fully saturated rings. The molecule has 1 aliphatic heterocycles. The smallest absolute Gasteiger partial charge is 0.326 e. The van der Waals surface area contributed by atoms with Crippen molar-refractivity contribution in [2.45, 2.75) is 39.3 Å². The number of carboxylic acid groups (broad SMARTS) is 1. The number of nitrogens with one attached hydrogen (secondary N) is 2. The number of carbonyl (C=O) groups is 4. The Morgan fingerprint density at radius 2 is 2.10 bits per heavy atom. The molecule has 1 aliphatic rings. The van der Waals surface area contributed by atoms with Crippen LogP contribution in [0.5, 0.6) is 0 Å². The number of hydrogen-bond acceptors (Lipinski definition) is 4. The van der Waals surface area contributed by atoms with E-state index >= 15 is 0 Å². The molecule has 0 spiro atoms. The fraction of sp³-hybridized carbons (Fsp3) is 0.667. The van der Waals surface area contributed by atoms with Crippen LogP contribution in [0.1, 0.15) is 27.2 Å². The standard InChI is InChI=1S/C12H19N3O5/c1-4-6(2)9(11(18)19)14-12(20)15-5-8(16)13-10(17)7(15)3/h6-7,9H,4-5H2,1-3H3,(H,14,20)(H,18,19)(H,13,16,17)/t6?,7?,9-/m0/s1. The number of urea groups is 1. The average Bonchev–Trinajstić information content (AvgIpc) is 2.38. The summed E-state index contributed by atoms with van der Waals surface area (Å²) in [7, 11) is 0. The SMILES string of the molecule is CCC(C)[C@H](NC(=O)N1CC(=O)NC(=O)C1C)C(=O)O. The van der Waals surface area contributed by atoms with E-state index in [2.05, 4.69) is 10.6 Å². The van der Waals surface area contributed by atoms with Gasteiger partial charge < -0.3 is 15.3 Å². The average molecular weight is 285 g/mol. The van der Waals surface area contributed by atoms with Gasteiger partial charge >= 0.3 is 12.0 Å². The van der Waals surface area contributed by atoms with E-state index in [-0.39, 0.29) is 12.5 Å². The first-order valence-electron chi connectivity index (χ1n) is 6.41. The molecule has 3 atom stereocenters. The summed E-state index contributed by atoms with van der Waals surface area (Å²) in [5.74, 6) is -2.57. The number of imide groups is 1. The van der Waals surface area contributed by atoms with E-state index in [1.165, 1.54) is 6.92 Å². The van der Waals surface area contributed by atoms with Gasteiger partial charge in [0.2, 0.25) is 11.8 Å². The Labute approximate surface area is 116 Å². The monoisotopic (exact) mass is 285 g/mol. The van der Waals surface area contributed by atoms with Gasteiger partial charge in [0.15, 0.2) is 0 Å². The minimum absolute atomic E-state index is 0.263. The number of aliphatic carboxylic acids is 1. The minimum Gasteiger partial charge on any atom is -0.480 e. The number of nitrogens with zero attached hydrogens (tertiary/aromatic N) is 1. The molecule has 0 bridgehead atoms. The summed E-state index contributed by atoms with van der Waals surface area (Å²) < 4.78 is 0. The summed E-state index contributed by atoms with van der Waals surface area (Å²) in [5, 5.41) is 13.6. The Balaban J connectivity index is 2.80. The molecule has 1 saturated heterocycles. The molecule has 0 aliphatic carbocycles. The van der Waals surface area contributed by atoms with Crippen LogP contribution < -0.4 is 10.6 Å². The summed E-state index contributed by atoms with van der Waals surface area (Å²) in [5.41, 5.74) is 0. The highest BCUT2D eigenvalue weighted by Crippen LogP contribution is 2.10. The van der Waals surface area contributed by atoms with Gasteiger partial charge in [0, 0.05) is 0 Å². The molecule has 0 saturated carbocycles. The van der Waals surface area contributed by atoms with Crippen LogP contribution in [0.2, 0.25) is 0 Å². The summed E-state index contributed by atoms with van der Waals surface area (Å²) in [6.07, 6.45) is 0.576. The van der Waals surface area contributed by atoms with Crippen LogP contribution in [0, 0.1) is 5.92 Å². The molecule has 112 valence electrons. The Morgan fingerprint density at radius 3 is 2.60 bits per heavy atom. The molecule has 0 aromatic carbocycles.